The van der Waals surface area contributed by atoms with E-state index in [0.717, 1.165) is 0 Å². The van der Waals surface area contributed by atoms with E-state index in [-0.39, 0.29) is 0 Å². The average Bonchev–Trinajstić information content (AvgIpc) is 2.04. The Hall–Kier alpha value is -1.10. The molecule has 5 nitrogen and oxygen atoms in total. The third-order valence-electron chi connectivity index (χ3n) is 1.32. The quantitative estimate of drug-likeness (QED) is 0.541. The Balaban J connectivity index is 2.35. The molecule has 1 fully saturated rings. The molecule has 0 aromatic heterocycles. The first-order chi connectivity index (χ1) is 5.29. The van der Waals surface area contributed by atoms with E-state index >= 15 is 0 Å². The number of hydrogen-bond donors (Lipinski definition) is 1. The molecule has 11 heavy (non-hydrogen) atoms. The fourth-order valence-corrected chi connectivity index (χ4v) is 0.755. The van der Waals surface area contributed by atoms with Crippen molar-refractivity contribution in [3.63, 3.8) is 0 Å². The van der Waals surface area contributed by atoms with Crippen molar-refractivity contribution in [2.45, 2.75) is 25.7 Å². The topological polar surface area (TPSA) is 64.6 Å². The standard InChI is InChI=1S/C6H9NO4/c8-5-3-1-2-4-6(9)11-7-10-5/h7H,1-4H2. The van der Waals surface area contributed by atoms with Crippen LogP contribution in [0, 0.1) is 0 Å². The molecule has 1 aliphatic heterocycles. The minimum absolute atomic E-state index is 0.323. The summed E-state index contributed by atoms with van der Waals surface area (Å²) in [6, 6.07) is 0. The molecule has 0 aliphatic carbocycles. The summed E-state index contributed by atoms with van der Waals surface area (Å²) in [5, 5.41) is 0. The van der Waals surface area contributed by atoms with Crippen LogP contribution in [-0.2, 0) is 19.3 Å². The summed E-state index contributed by atoms with van der Waals surface area (Å²) in [7, 11) is 0. The van der Waals surface area contributed by atoms with Gasteiger partial charge in [-0.05, 0) is 12.8 Å². The van der Waals surface area contributed by atoms with Crippen LogP contribution >= 0.6 is 0 Å². The Morgan fingerprint density at radius 2 is 1.45 bits per heavy atom. The van der Waals surface area contributed by atoms with Crippen molar-refractivity contribution in [1.82, 2.24) is 5.64 Å². The van der Waals surface area contributed by atoms with Gasteiger partial charge in [0.05, 0.1) is 0 Å². The van der Waals surface area contributed by atoms with Gasteiger partial charge in [0.15, 0.2) is 0 Å². The number of nitrogens with one attached hydrogen (secondary N) is 1. The highest BCUT2D eigenvalue weighted by Crippen LogP contribution is 2.03. The largest absolute Gasteiger partial charge is 0.336 e. The van der Waals surface area contributed by atoms with Crippen molar-refractivity contribution in [1.29, 1.82) is 0 Å². The van der Waals surface area contributed by atoms with E-state index in [9.17, 15) is 9.59 Å². The van der Waals surface area contributed by atoms with Crippen LogP contribution in [-0.4, -0.2) is 11.9 Å². The molecule has 1 N–H and O–H groups in total. The molecule has 1 heterocycles. The van der Waals surface area contributed by atoms with E-state index in [4.69, 9.17) is 0 Å². The van der Waals surface area contributed by atoms with Crippen LogP contribution in [0.25, 0.3) is 0 Å². The molecule has 0 bridgehead atoms. The fraction of sp³-hybridized carbons (Fsp3) is 0.667. The molecule has 1 aliphatic rings. The summed E-state index contributed by atoms with van der Waals surface area (Å²) in [6.45, 7) is 0. The SMILES string of the molecule is O=C1CCCCC(=O)ONO1. The molecule has 0 spiro atoms. The third-order valence-corrected chi connectivity index (χ3v) is 1.32. The molecule has 5 heteroatoms. The zero-order valence-electron chi connectivity index (χ0n) is 5.96. The lowest BCUT2D eigenvalue weighted by molar-refractivity contribution is -0.197. The van der Waals surface area contributed by atoms with Gasteiger partial charge in [-0.25, -0.2) is 0 Å². The van der Waals surface area contributed by atoms with Crippen molar-refractivity contribution >= 4 is 11.9 Å². The number of carbonyl (C=O) groups excluding carboxylic acids is 2. The zero-order valence-corrected chi connectivity index (χ0v) is 5.96. The number of rotatable bonds is 0. The summed E-state index contributed by atoms with van der Waals surface area (Å²) in [5.74, 6) is -0.806. The predicted octanol–water partition coefficient (Wildman–Crippen LogP) is 0.0664. The normalized spacial score (nSPS) is 20.7. The van der Waals surface area contributed by atoms with Gasteiger partial charge in [-0.3, -0.25) is 9.59 Å². The van der Waals surface area contributed by atoms with Crippen LogP contribution in [0.15, 0.2) is 0 Å². The summed E-state index contributed by atoms with van der Waals surface area (Å²) in [5.41, 5.74) is 1.83. The van der Waals surface area contributed by atoms with Crippen molar-refractivity contribution in [2.24, 2.45) is 0 Å². The first-order valence-corrected chi connectivity index (χ1v) is 3.43. The average molecular weight is 159 g/mol. The Labute approximate surface area is 63.6 Å². The van der Waals surface area contributed by atoms with Crippen molar-refractivity contribution < 1.29 is 19.3 Å². The summed E-state index contributed by atoms with van der Waals surface area (Å²) < 4.78 is 0. The lowest BCUT2D eigenvalue weighted by atomic mass is 10.2. The Kier molecular flexibility index (Phi) is 2.85. The van der Waals surface area contributed by atoms with Gasteiger partial charge >= 0.3 is 11.9 Å². The second-order valence-electron chi connectivity index (χ2n) is 2.24. The Bertz CT molecular complexity index is 150. The van der Waals surface area contributed by atoms with Gasteiger partial charge in [-0.2, -0.15) is 0 Å². The maximum absolute atomic E-state index is 10.6. The van der Waals surface area contributed by atoms with Gasteiger partial charge in [-0.15, -0.1) is 0 Å². The van der Waals surface area contributed by atoms with E-state index in [0.29, 0.717) is 25.7 Å². The first kappa shape index (κ1) is 8.00. The smallest absolute Gasteiger partial charge is 0.328 e. The number of carbonyl (C=O) groups is 2. The maximum atomic E-state index is 10.6. The van der Waals surface area contributed by atoms with Crippen LogP contribution in [0.4, 0.5) is 0 Å². The van der Waals surface area contributed by atoms with E-state index in [1.165, 1.54) is 0 Å². The van der Waals surface area contributed by atoms with E-state index in [1.54, 1.807) is 0 Å². The highest BCUT2D eigenvalue weighted by Gasteiger charge is 2.10. The first-order valence-electron chi connectivity index (χ1n) is 3.43. The molecule has 0 aromatic rings. The monoisotopic (exact) mass is 159 g/mol. The molecule has 0 aromatic carbocycles. The van der Waals surface area contributed by atoms with Crippen molar-refractivity contribution in [3.05, 3.63) is 0 Å². The molecule has 0 radical (unpaired) electrons. The zero-order chi connectivity index (χ0) is 8.10. The summed E-state index contributed by atoms with van der Waals surface area (Å²) >= 11 is 0. The van der Waals surface area contributed by atoms with Gasteiger partial charge in [0.2, 0.25) is 0 Å². The number of hydrogen-bond acceptors (Lipinski definition) is 5. The van der Waals surface area contributed by atoms with Gasteiger partial charge < -0.3 is 9.68 Å². The lowest BCUT2D eigenvalue weighted by Gasteiger charge is -2.00. The predicted molar refractivity (Wildman–Crippen MR) is 33.8 cm³/mol. The van der Waals surface area contributed by atoms with Crippen molar-refractivity contribution in [3.8, 4) is 0 Å². The molecular formula is C6H9NO4. The van der Waals surface area contributed by atoms with Crippen LogP contribution < -0.4 is 5.64 Å². The van der Waals surface area contributed by atoms with Crippen LogP contribution in [0.2, 0.25) is 0 Å². The summed E-state index contributed by atoms with van der Waals surface area (Å²) in [6.07, 6.45) is 1.97. The summed E-state index contributed by atoms with van der Waals surface area (Å²) in [4.78, 5) is 29.8. The minimum Gasteiger partial charge on any atom is -0.336 e. The fourth-order valence-electron chi connectivity index (χ4n) is 0.755. The van der Waals surface area contributed by atoms with Crippen LogP contribution in [0.3, 0.4) is 0 Å². The highest BCUT2D eigenvalue weighted by atomic mass is 16.9. The van der Waals surface area contributed by atoms with E-state index in [1.807, 2.05) is 5.64 Å². The molecule has 0 saturated carbocycles. The minimum atomic E-state index is -0.403. The van der Waals surface area contributed by atoms with E-state index in [2.05, 4.69) is 9.68 Å². The third kappa shape index (κ3) is 2.99. The molecular weight excluding hydrogens is 150 g/mol. The van der Waals surface area contributed by atoms with Crippen molar-refractivity contribution in [2.75, 3.05) is 0 Å². The van der Waals surface area contributed by atoms with Crippen LogP contribution in [0.5, 0.6) is 0 Å². The van der Waals surface area contributed by atoms with E-state index < -0.39 is 11.9 Å². The Morgan fingerprint density at radius 1 is 1.00 bits per heavy atom. The van der Waals surface area contributed by atoms with Crippen LogP contribution in [0.1, 0.15) is 25.7 Å². The molecule has 62 valence electrons. The lowest BCUT2D eigenvalue weighted by Crippen LogP contribution is -2.22. The second kappa shape index (κ2) is 3.92. The van der Waals surface area contributed by atoms with Gasteiger partial charge in [0, 0.05) is 18.5 Å². The van der Waals surface area contributed by atoms with Gasteiger partial charge in [0.25, 0.3) is 0 Å². The maximum Gasteiger partial charge on any atom is 0.328 e. The molecule has 0 unspecified atom stereocenters. The van der Waals surface area contributed by atoms with Gasteiger partial charge in [-0.1, -0.05) is 0 Å². The highest BCUT2D eigenvalue weighted by molar-refractivity contribution is 5.71. The second-order valence-corrected chi connectivity index (χ2v) is 2.24. The molecule has 0 atom stereocenters. The van der Waals surface area contributed by atoms with Gasteiger partial charge in [0.1, 0.15) is 0 Å². The Morgan fingerprint density at radius 3 is 1.91 bits per heavy atom. The molecule has 0 amide bonds. The molecule has 1 rings (SSSR count). The molecule has 1 saturated heterocycles.